The van der Waals surface area contributed by atoms with Crippen molar-refractivity contribution < 1.29 is 18.3 Å². The van der Waals surface area contributed by atoms with E-state index in [1.165, 1.54) is 0 Å². The van der Waals surface area contributed by atoms with Crippen molar-refractivity contribution in [1.29, 1.82) is 0 Å². The van der Waals surface area contributed by atoms with Crippen LogP contribution in [0.15, 0.2) is 24.3 Å². The standard InChI is InChI=1S/C15H20F2N2O2/c1-2-21-15(20)12-3-5-13(6-4-12)19-9-7-18(8-10-19)11-14(16)17/h3-6,14H,2,7-11H2,1H3. The fraction of sp³-hybridized carbons (Fsp3) is 0.533. The van der Waals surface area contributed by atoms with Gasteiger partial charge >= 0.3 is 5.97 Å². The van der Waals surface area contributed by atoms with E-state index in [0.717, 1.165) is 5.69 Å². The molecular formula is C15H20F2N2O2. The van der Waals surface area contributed by atoms with Gasteiger partial charge in [-0.15, -0.1) is 0 Å². The summed E-state index contributed by atoms with van der Waals surface area (Å²) in [7, 11) is 0. The highest BCUT2D eigenvalue weighted by atomic mass is 19.3. The van der Waals surface area contributed by atoms with Gasteiger partial charge in [-0.3, -0.25) is 4.90 Å². The van der Waals surface area contributed by atoms with Crippen LogP contribution in [0.25, 0.3) is 0 Å². The molecule has 2 rings (SSSR count). The van der Waals surface area contributed by atoms with Gasteiger partial charge in [0.25, 0.3) is 6.43 Å². The number of ether oxygens (including phenoxy) is 1. The first-order valence-corrected chi connectivity index (χ1v) is 7.12. The second-order valence-electron chi connectivity index (χ2n) is 4.95. The molecular weight excluding hydrogens is 278 g/mol. The number of carbonyl (C=O) groups is 1. The minimum atomic E-state index is -2.28. The Kier molecular flexibility index (Phi) is 5.50. The van der Waals surface area contributed by atoms with E-state index >= 15 is 0 Å². The zero-order valence-corrected chi connectivity index (χ0v) is 12.1. The second kappa shape index (κ2) is 7.36. The molecule has 6 heteroatoms. The van der Waals surface area contributed by atoms with E-state index in [1.54, 1.807) is 24.0 Å². The first kappa shape index (κ1) is 15.7. The number of esters is 1. The molecule has 0 unspecified atom stereocenters. The Bertz CT molecular complexity index is 457. The van der Waals surface area contributed by atoms with Crippen LogP contribution in [0.4, 0.5) is 14.5 Å². The van der Waals surface area contributed by atoms with Gasteiger partial charge in [0.15, 0.2) is 0 Å². The lowest BCUT2D eigenvalue weighted by Crippen LogP contribution is -2.47. The quantitative estimate of drug-likeness (QED) is 0.781. The van der Waals surface area contributed by atoms with Gasteiger partial charge in [0.1, 0.15) is 0 Å². The van der Waals surface area contributed by atoms with Crippen molar-refractivity contribution in [3.05, 3.63) is 29.8 Å². The fourth-order valence-corrected chi connectivity index (χ4v) is 2.41. The predicted molar refractivity (Wildman–Crippen MR) is 77.1 cm³/mol. The molecule has 0 bridgehead atoms. The average molecular weight is 298 g/mol. The number of carbonyl (C=O) groups excluding carboxylic acids is 1. The van der Waals surface area contributed by atoms with Crippen LogP contribution in [0.1, 0.15) is 17.3 Å². The number of alkyl halides is 2. The highest BCUT2D eigenvalue weighted by Crippen LogP contribution is 2.18. The van der Waals surface area contributed by atoms with Gasteiger partial charge in [-0.25, -0.2) is 13.6 Å². The Balaban J connectivity index is 1.90. The molecule has 0 spiro atoms. The molecule has 1 aromatic carbocycles. The largest absolute Gasteiger partial charge is 0.462 e. The van der Waals surface area contributed by atoms with Crippen molar-refractivity contribution in [1.82, 2.24) is 4.90 Å². The average Bonchev–Trinajstić information content (AvgIpc) is 2.48. The highest BCUT2D eigenvalue weighted by molar-refractivity contribution is 5.89. The van der Waals surface area contributed by atoms with Crippen molar-refractivity contribution in [2.24, 2.45) is 0 Å². The molecule has 1 aliphatic rings. The van der Waals surface area contributed by atoms with Crippen LogP contribution in [-0.2, 0) is 4.74 Å². The summed E-state index contributed by atoms with van der Waals surface area (Å²) in [5.41, 5.74) is 1.52. The third-order valence-electron chi connectivity index (χ3n) is 3.51. The number of nitrogens with zero attached hydrogens (tertiary/aromatic N) is 2. The number of rotatable bonds is 5. The van der Waals surface area contributed by atoms with Crippen LogP contribution in [-0.4, -0.2) is 56.6 Å². The molecule has 0 saturated carbocycles. The summed E-state index contributed by atoms with van der Waals surface area (Å²) in [6.45, 7) is 4.65. The summed E-state index contributed by atoms with van der Waals surface area (Å²) in [6.07, 6.45) is -2.28. The molecule has 1 saturated heterocycles. The topological polar surface area (TPSA) is 32.8 Å². The third-order valence-corrected chi connectivity index (χ3v) is 3.51. The maximum Gasteiger partial charge on any atom is 0.338 e. The molecule has 0 atom stereocenters. The normalized spacial score (nSPS) is 16.3. The van der Waals surface area contributed by atoms with Crippen molar-refractivity contribution in [3.63, 3.8) is 0 Å². The molecule has 0 amide bonds. The molecule has 1 aromatic rings. The Morgan fingerprint density at radius 1 is 1.19 bits per heavy atom. The SMILES string of the molecule is CCOC(=O)c1ccc(N2CCN(CC(F)F)CC2)cc1. The molecule has 4 nitrogen and oxygen atoms in total. The smallest absolute Gasteiger partial charge is 0.338 e. The van der Waals surface area contributed by atoms with Crippen LogP contribution in [0.3, 0.4) is 0 Å². The minimum Gasteiger partial charge on any atom is -0.462 e. The van der Waals surface area contributed by atoms with Gasteiger partial charge in [-0.2, -0.15) is 0 Å². The van der Waals surface area contributed by atoms with E-state index in [1.807, 2.05) is 12.1 Å². The van der Waals surface area contributed by atoms with Crippen LogP contribution >= 0.6 is 0 Å². The second-order valence-corrected chi connectivity index (χ2v) is 4.95. The molecule has 21 heavy (non-hydrogen) atoms. The Morgan fingerprint density at radius 2 is 1.81 bits per heavy atom. The summed E-state index contributed by atoms with van der Waals surface area (Å²) in [6, 6.07) is 7.21. The van der Waals surface area contributed by atoms with E-state index in [-0.39, 0.29) is 12.5 Å². The fourth-order valence-electron chi connectivity index (χ4n) is 2.41. The maximum atomic E-state index is 12.3. The molecule has 0 radical (unpaired) electrons. The number of benzene rings is 1. The van der Waals surface area contributed by atoms with Crippen molar-refractivity contribution in [3.8, 4) is 0 Å². The van der Waals surface area contributed by atoms with Gasteiger partial charge in [-0.1, -0.05) is 0 Å². The number of anilines is 1. The Labute approximate surface area is 123 Å². The molecule has 116 valence electrons. The Morgan fingerprint density at radius 3 is 2.33 bits per heavy atom. The summed E-state index contributed by atoms with van der Waals surface area (Å²) < 4.78 is 29.6. The van der Waals surface area contributed by atoms with E-state index in [2.05, 4.69) is 4.90 Å². The van der Waals surface area contributed by atoms with Gasteiger partial charge in [-0.05, 0) is 31.2 Å². The van der Waals surface area contributed by atoms with Gasteiger partial charge < -0.3 is 9.64 Å². The first-order valence-electron chi connectivity index (χ1n) is 7.12. The zero-order chi connectivity index (χ0) is 15.2. The molecule has 1 fully saturated rings. The molecule has 1 heterocycles. The van der Waals surface area contributed by atoms with Crippen molar-refractivity contribution in [2.75, 3.05) is 44.2 Å². The van der Waals surface area contributed by atoms with Crippen LogP contribution in [0, 0.1) is 0 Å². The van der Waals surface area contributed by atoms with Gasteiger partial charge in [0, 0.05) is 31.9 Å². The van der Waals surface area contributed by atoms with E-state index in [9.17, 15) is 13.6 Å². The first-order chi connectivity index (χ1) is 10.1. The third kappa shape index (κ3) is 4.39. The zero-order valence-electron chi connectivity index (χ0n) is 12.1. The van der Waals surface area contributed by atoms with Gasteiger partial charge in [0.2, 0.25) is 0 Å². The van der Waals surface area contributed by atoms with Crippen LogP contribution in [0.5, 0.6) is 0 Å². The number of piperazine rings is 1. The number of hydrogen-bond donors (Lipinski definition) is 0. The predicted octanol–water partition coefficient (Wildman–Crippen LogP) is 2.25. The lowest BCUT2D eigenvalue weighted by atomic mass is 10.2. The summed E-state index contributed by atoms with van der Waals surface area (Å²) in [5, 5.41) is 0. The van der Waals surface area contributed by atoms with Gasteiger partial charge in [0.05, 0.1) is 18.7 Å². The number of halogens is 2. The minimum absolute atomic E-state index is 0.157. The number of hydrogen-bond acceptors (Lipinski definition) is 4. The summed E-state index contributed by atoms with van der Waals surface area (Å²) in [4.78, 5) is 15.5. The lowest BCUT2D eigenvalue weighted by molar-refractivity contribution is 0.0526. The van der Waals surface area contributed by atoms with E-state index in [0.29, 0.717) is 38.3 Å². The molecule has 0 aliphatic carbocycles. The van der Waals surface area contributed by atoms with E-state index < -0.39 is 6.43 Å². The molecule has 0 N–H and O–H groups in total. The molecule has 1 aliphatic heterocycles. The summed E-state index contributed by atoms with van der Waals surface area (Å²) in [5.74, 6) is -0.328. The monoisotopic (exact) mass is 298 g/mol. The van der Waals surface area contributed by atoms with Crippen molar-refractivity contribution >= 4 is 11.7 Å². The van der Waals surface area contributed by atoms with Crippen LogP contribution in [0.2, 0.25) is 0 Å². The molecule has 0 aromatic heterocycles. The lowest BCUT2D eigenvalue weighted by Gasteiger charge is -2.35. The summed E-state index contributed by atoms with van der Waals surface area (Å²) >= 11 is 0. The van der Waals surface area contributed by atoms with E-state index in [4.69, 9.17) is 4.74 Å². The van der Waals surface area contributed by atoms with Crippen molar-refractivity contribution in [2.45, 2.75) is 13.3 Å². The van der Waals surface area contributed by atoms with Crippen LogP contribution < -0.4 is 4.90 Å². The maximum absolute atomic E-state index is 12.3. The Hall–Kier alpha value is -1.69. The highest BCUT2D eigenvalue weighted by Gasteiger charge is 2.20.